The number of rotatable bonds is 5. The molecule has 0 aliphatic carbocycles. The number of piperazine rings is 1. The summed E-state index contributed by atoms with van der Waals surface area (Å²) in [6, 6.07) is 10.7. The summed E-state index contributed by atoms with van der Waals surface area (Å²) >= 11 is 12.6. The molecule has 3 N–H and O–H groups in total. The summed E-state index contributed by atoms with van der Waals surface area (Å²) in [5, 5.41) is 3.54. The van der Waals surface area contributed by atoms with E-state index in [9.17, 15) is 14.4 Å². The zero-order valence-electron chi connectivity index (χ0n) is 19.3. The van der Waals surface area contributed by atoms with Crippen molar-refractivity contribution in [2.45, 2.75) is 19.5 Å². The minimum atomic E-state index is -0.779. The van der Waals surface area contributed by atoms with E-state index in [-0.39, 0.29) is 28.1 Å². The Hall–Kier alpha value is -3.33. The third-order valence-electron chi connectivity index (χ3n) is 6.19. The van der Waals surface area contributed by atoms with Gasteiger partial charge in [0, 0.05) is 55.0 Å². The second-order valence-electron chi connectivity index (χ2n) is 8.57. The summed E-state index contributed by atoms with van der Waals surface area (Å²) in [5.41, 5.74) is 2.42. The molecule has 0 spiro atoms. The Morgan fingerprint density at radius 1 is 1.17 bits per heavy atom. The third-order valence-corrected chi connectivity index (χ3v) is 6.74. The predicted molar refractivity (Wildman–Crippen MR) is 137 cm³/mol. The highest BCUT2D eigenvalue weighted by Crippen LogP contribution is 2.30. The number of nitrogens with one attached hydrogen (secondary N) is 1. The van der Waals surface area contributed by atoms with Crippen LogP contribution in [0.1, 0.15) is 33.2 Å². The molecule has 1 saturated heterocycles. The Labute approximate surface area is 212 Å². The maximum absolute atomic E-state index is 13.6. The van der Waals surface area contributed by atoms with Gasteiger partial charge in [0.15, 0.2) is 0 Å². The van der Waals surface area contributed by atoms with Gasteiger partial charge in [0.1, 0.15) is 0 Å². The molecule has 4 rings (SSSR count). The minimum Gasteiger partial charge on any atom is -0.352 e. The van der Waals surface area contributed by atoms with Gasteiger partial charge in [-0.05, 0) is 36.8 Å². The van der Waals surface area contributed by atoms with E-state index in [2.05, 4.69) is 16.8 Å². The van der Waals surface area contributed by atoms with Crippen molar-refractivity contribution in [2.75, 3.05) is 26.0 Å². The normalized spacial score (nSPS) is 16.5. The summed E-state index contributed by atoms with van der Waals surface area (Å²) in [6.07, 6.45) is 1.35. The summed E-state index contributed by atoms with van der Waals surface area (Å²) in [6.45, 7) is 7.73. The highest BCUT2D eigenvalue weighted by molar-refractivity contribution is 6.45. The second-order valence-corrected chi connectivity index (χ2v) is 9.42. The van der Waals surface area contributed by atoms with Crippen molar-refractivity contribution in [3.8, 4) is 0 Å². The van der Waals surface area contributed by atoms with E-state index in [0.29, 0.717) is 41.3 Å². The predicted octanol–water partition coefficient (Wildman–Crippen LogP) is 3.45. The number of nitrogens with two attached hydrogens (primary N) is 1. The Morgan fingerprint density at radius 2 is 1.91 bits per heavy atom. The average molecular weight is 514 g/mol. The van der Waals surface area contributed by atoms with Crippen LogP contribution in [-0.4, -0.2) is 58.3 Å². The molecule has 1 aliphatic heterocycles. The molecule has 2 aromatic carbocycles. The van der Waals surface area contributed by atoms with Crippen molar-refractivity contribution in [1.29, 1.82) is 0 Å². The number of hydrogen-bond donors (Lipinski definition) is 2. The lowest BCUT2D eigenvalue weighted by Gasteiger charge is -2.41. The Bertz CT molecular complexity index is 1370. The van der Waals surface area contributed by atoms with Crippen LogP contribution in [0, 0.1) is 0 Å². The van der Waals surface area contributed by atoms with E-state index in [1.165, 1.54) is 30.1 Å². The standard InChI is InChI=1S/C25H25Cl2N5O3/c1-14-11-31(15(2)10-30(14)12-16-5-4-6-17(26)7-16)25(35)19-8-18-20(23(33)24(34)29-3)13-32(28)22(18)9-21(19)27/h4-9,13-14H,2,10-12,28H2,1,3H3,(H,29,34)/t14-/m0/s1. The van der Waals surface area contributed by atoms with E-state index in [0.717, 1.165) is 5.56 Å². The molecule has 8 nitrogen and oxygen atoms in total. The lowest BCUT2D eigenvalue weighted by molar-refractivity contribution is -0.116. The van der Waals surface area contributed by atoms with Crippen LogP contribution < -0.4 is 11.2 Å². The zero-order valence-corrected chi connectivity index (χ0v) is 20.9. The molecule has 1 atom stereocenters. The van der Waals surface area contributed by atoms with E-state index >= 15 is 0 Å². The van der Waals surface area contributed by atoms with Crippen molar-refractivity contribution in [1.82, 2.24) is 19.8 Å². The van der Waals surface area contributed by atoms with Crippen LogP contribution in [0.4, 0.5) is 0 Å². The van der Waals surface area contributed by atoms with E-state index in [1.807, 2.05) is 31.2 Å². The molecule has 0 bridgehead atoms. The van der Waals surface area contributed by atoms with Gasteiger partial charge in [-0.25, -0.2) is 0 Å². The Morgan fingerprint density at radius 3 is 2.60 bits per heavy atom. The molecule has 0 radical (unpaired) electrons. The number of ketones is 1. The summed E-state index contributed by atoms with van der Waals surface area (Å²) in [4.78, 5) is 41.8. The first-order chi connectivity index (χ1) is 16.6. The van der Waals surface area contributed by atoms with Gasteiger partial charge < -0.3 is 16.1 Å². The quantitative estimate of drug-likeness (QED) is 0.309. The molecular formula is C25H25Cl2N5O3. The van der Waals surface area contributed by atoms with Gasteiger partial charge in [0.25, 0.3) is 17.6 Å². The molecule has 35 heavy (non-hydrogen) atoms. The highest BCUT2D eigenvalue weighted by Gasteiger charge is 2.32. The van der Waals surface area contributed by atoms with Crippen LogP contribution in [0.15, 0.2) is 54.9 Å². The molecule has 0 saturated carbocycles. The lowest BCUT2D eigenvalue weighted by Crippen LogP contribution is -2.51. The smallest absolute Gasteiger partial charge is 0.292 e. The number of carbonyl (C=O) groups is 3. The van der Waals surface area contributed by atoms with Crippen molar-refractivity contribution >= 4 is 51.7 Å². The fourth-order valence-corrected chi connectivity index (χ4v) is 4.74. The lowest BCUT2D eigenvalue weighted by atomic mass is 10.0. The number of carbonyl (C=O) groups excluding carboxylic acids is 3. The van der Waals surface area contributed by atoms with Gasteiger partial charge in [-0.1, -0.05) is 41.9 Å². The number of halogens is 2. The largest absolute Gasteiger partial charge is 0.352 e. The molecule has 0 unspecified atom stereocenters. The van der Waals surface area contributed by atoms with Gasteiger partial charge in [-0.3, -0.25) is 24.0 Å². The first-order valence-electron chi connectivity index (χ1n) is 10.9. The Kier molecular flexibility index (Phi) is 6.89. The fraction of sp³-hybridized carbons (Fsp3) is 0.240. The topological polar surface area (TPSA) is 101 Å². The molecule has 2 amide bonds. The molecule has 1 fully saturated rings. The number of nitrogens with zero attached hydrogens (tertiary/aromatic N) is 3. The summed E-state index contributed by atoms with van der Waals surface area (Å²) in [5.74, 6) is 4.11. The first-order valence-corrected chi connectivity index (χ1v) is 11.7. The van der Waals surface area contributed by atoms with Crippen LogP contribution in [0.2, 0.25) is 10.0 Å². The number of nitrogen functional groups attached to an aromatic ring is 1. The van der Waals surface area contributed by atoms with E-state index < -0.39 is 11.7 Å². The van der Waals surface area contributed by atoms with Gasteiger partial charge in [-0.2, -0.15) is 0 Å². The number of fused-ring (bicyclic) bond motifs is 1. The van der Waals surface area contributed by atoms with Gasteiger partial charge >= 0.3 is 0 Å². The average Bonchev–Trinajstić information content (AvgIpc) is 3.14. The maximum Gasteiger partial charge on any atom is 0.292 e. The van der Waals surface area contributed by atoms with Gasteiger partial charge in [0.2, 0.25) is 0 Å². The summed E-state index contributed by atoms with van der Waals surface area (Å²) < 4.78 is 1.21. The van der Waals surface area contributed by atoms with Crippen LogP contribution in [0.3, 0.4) is 0 Å². The zero-order chi connectivity index (χ0) is 25.4. The third kappa shape index (κ3) is 4.77. The molecule has 2 heterocycles. The number of aromatic nitrogens is 1. The number of amides is 2. The monoisotopic (exact) mass is 513 g/mol. The number of hydrogen-bond acceptors (Lipinski definition) is 5. The molecule has 1 aliphatic rings. The van der Waals surface area contributed by atoms with Crippen LogP contribution in [0.5, 0.6) is 0 Å². The van der Waals surface area contributed by atoms with Crippen molar-refractivity contribution in [3.05, 3.63) is 81.6 Å². The molecule has 3 aromatic rings. The second kappa shape index (κ2) is 9.73. The van der Waals surface area contributed by atoms with Gasteiger partial charge in [-0.15, -0.1) is 0 Å². The summed E-state index contributed by atoms with van der Waals surface area (Å²) in [7, 11) is 1.37. The van der Waals surface area contributed by atoms with E-state index in [4.69, 9.17) is 29.0 Å². The maximum atomic E-state index is 13.6. The number of likely N-dealkylation sites (N-methyl/N-ethyl adjacent to an activating group) is 1. The SMILES string of the molecule is C=C1CN(Cc2cccc(Cl)c2)[C@@H](C)CN1C(=O)c1cc2c(C(=O)C(=O)NC)cn(N)c2cc1Cl. The van der Waals surface area contributed by atoms with E-state index in [1.54, 1.807) is 4.90 Å². The van der Waals surface area contributed by atoms with Crippen molar-refractivity contribution in [3.63, 3.8) is 0 Å². The van der Waals surface area contributed by atoms with Crippen LogP contribution in [0.25, 0.3) is 10.9 Å². The van der Waals surface area contributed by atoms with Crippen molar-refractivity contribution < 1.29 is 14.4 Å². The minimum absolute atomic E-state index is 0.0430. The fourth-order valence-electron chi connectivity index (χ4n) is 4.29. The van der Waals surface area contributed by atoms with Crippen LogP contribution >= 0.6 is 23.2 Å². The molecule has 10 heteroatoms. The number of benzene rings is 2. The highest BCUT2D eigenvalue weighted by atomic mass is 35.5. The Balaban J connectivity index is 1.61. The number of Topliss-reactive ketones (excluding diaryl/α,β-unsaturated/α-hetero) is 1. The molecule has 1 aromatic heterocycles. The van der Waals surface area contributed by atoms with Gasteiger partial charge in [0.05, 0.1) is 21.7 Å². The van der Waals surface area contributed by atoms with Crippen LogP contribution in [-0.2, 0) is 11.3 Å². The molecule has 182 valence electrons. The molecular weight excluding hydrogens is 489 g/mol. The first kappa shape index (κ1) is 24.8. The van der Waals surface area contributed by atoms with Crippen molar-refractivity contribution in [2.24, 2.45) is 0 Å².